The molecule has 2 atom stereocenters. The molecule has 2 aromatic carbocycles. The second kappa shape index (κ2) is 19.7. The number of unbranched alkanes of at least 4 members (excludes halogenated alkanes) is 1. The number of nitrogens with one attached hydrogen (secondary N) is 3. The predicted octanol–water partition coefficient (Wildman–Crippen LogP) is 2.44. The van der Waals surface area contributed by atoms with E-state index in [1.807, 2.05) is 6.26 Å². The van der Waals surface area contributed by atoms with Gasteiger partial charge >= 0.3 is 23.8 Å². The van der Waals surface area contributed by atoms with Gasteiger partial charge in [-0.15, -0.1) is 0 Å². The molecular weight excluding hydrogens is 644 g/mol. The number of carbonyl (C=O) groups is 7. The maximum absolute atomic E-state index is 13.1. The number of hydrogen-bond acceptors (Lipinski definition) is 9. The molecule has 15 heteroatoms. The fraction of sp³-hybridized carbons (Fsp3) is 0.424. The molecule has 14 nitrogen and oxygen atoms in total. The highest BCUT2D eigenvalue weighted by atomic mass is 32.2. The van der Waals surface area contributed by atoms with Gasteiger partial charge in [0, 0.05) is 26.3 Å². The van der Waals surface area contributed by atoms with Crippen molar-refractivity contribution in [3.63, 3.8) is 0 Å². The number of methoxy groups -OCH3 is 1. The van der Waals surface area contributed by atoms with Crippen LogP contribution in [0.1, 0.15) is 61.0 Å². The number of ether oxygens (including phenoxy) is 1. The Morgan fingerprint density at radius 3 is 2.25 bits per heavy atom. The zero-order valence-electron chi connectivity index (χ0n) is 27.4. The molecule has 1 unspecified atom stereocenters. The summed E-state index contributed by atoms with van der Waals surface area (Å²) in [4.78, 5) is 86.7. The van der Waals surface area contributed by atoms with Gasteiger partial charge in [0.25, 0.3) is 0 Å². The lowest BCUT2D eigenvalue weighted by molar-refractivity contribution is -0.148. The van der Waals surface area contributed by atoms with Crippen molar-refractivity contribution in [2.24, 2.45) is 0 Å². The van der Waals surface area contributed by atoms with Crippen molar-refractivity contribution in [3.8, 4) is 0 Å². The number of carbonyl (C=O) groups excluding carboxylic acids is 5. The molecule has 48 heavy (non-hydrogen) atoms. The van der Waals surface area contributed by atoms with Gasteiger partial charge in [-0.25, -0.2) is 14.4 Å². The van der Waals surface area contributed by atoms with Crippen LogP contribution in [0.5, 0.6) is 0 Å². The molecule has 0 fully saturated rings. The minimum atomic E-state index is -1.78. The highest BCUT2D eigenvalue weighted by Gasteiger charge is 2.30. The maximum Gasteiger partial charge on any atom is 0.395 e. The highest BCUT2D eigenvalue weighted by molar-refractivity contribution is 7.98. The molecule has 2 aromatic rings. The Hall–Kier alpha value is -4.92. The standard InChI is InChI=1S/C33H42N4O10S/c1-5-22-18-21(13-14-26(22)37(30(41)32(44)45)27-11-7-6-10-23(27)31(42)43)19-25(35-20(2)38)29(40)34-16-9-8-12-28(39)36-24(15-17-48-4)33(46)47-3/h6-7,10-11,13-14,18,24-25H,5,8-9,12,15-17,19H2,1-4H3,(H,34,40)(H,35,38)(H,36,39)(H,42,43)(H,44,45)/t24-,25?/m0/s1. The molecule has 5 N–H and O–H groups in total. The van der Waals surface area contributed by atoms with Crippen LogP contribution in [-0.4, -0.2) is 89.5 Å². The Bertz CT molecular complexity index is 1500. The van der Waals surface area contributed by atoms with Gasteiger partial charge in [0.2, 0.25) is 17.7 Å². The topological polar surface area (TPSA) is 209 Å². The average Bonchev–Trinajstić information content (AvgIpc) is 3.06. The van der Waals surface area contributed by atoms with Gasteiger partial charge < -0.3 is 30.9 Å². The van der Waals surface area contributed by atoms with Gasteiger partial charge in [-0.05, 0) is 67.0 Å². The van der Waals surface area contributed by atoms with Crippen LogP contribution in [0.4, 0.5) is 11.4 Å². The maximum atomic E-state index is 13.1. The Kier molecular flexibility index (Phi) is 16.1. The fourth-order valence-corrected chi connectivity index (χ4v) is 5.36. The van der Waals surface area contributed by atoms with E-state index in [9.17, 15) is 43.8 Å². The van der Waals surface area contributed by atoms with Gasteiger partial charge in [0.15, 0.2) is 0 Å². The van der Waals surface area contributed by atoms with E-state index in [2.05, 4.69) is 16.0 Å². The normalized spacial score (nSPS) is 11.8. The zero-order valence-corrected chi connectivity index (χ0v) is 28.2. The first-order chi connectivity index (χ1) is 22.8. The van der Waals surface area contributed by atoms with Crippen molar-refractivity contribution in [1.29, 1.82) is 0 Å². The molecule has 4 amide bonds. The van der Waals surface area contributed by atoms with Crippen LogP contribution in [0.25, 0.3) is 0 Å². The quantitative estimate of drug-likeness (QED) is 0.0874. The van der Waals surface area contributed by atoms with Crippen LogP contribution in [0.15, 0.2) is 42.5 Å². The lowest BCUT2D eigenvalue weighted by atomic mass is 9.99. The Morgan fingerprint density at radius 1 is 0.938 bits per heavy atom. The fourth-order valence-electron chi connectivity index (χ4n) is 4.89. The summed E-state index contributed by atoms with van der Waals surface area (Å²) in [6.45, 7) is 3.27. The molecule has 0 radical (unpaired) electrons. The van der Waals surface area contributed by atoms with E-state index in [1.54, 1.807) is 30.8 Å². The van der Waals surface area contributed by atoms with E-state index in [0.717, 1.165) is 4.90 Å². The summed E-state index contributed by atoms with van der Waals surface area (Å²) in [5.41, 5.74) is 0.876. The summed E-state index contributed by atoms with van der Waals surface area (Å²) in [6, 6.07) is 8.58. The molecule has 0 aliphatic heterocycles. The smallest absolute Gasteiger partial charge is 0.395 e. The lowest BCUT2D eigenvalue weighted by Crippen LogP contribution is -2.47. The van der Waals surface area contributed by atoms with E-state index >= 15 is 0 Å². The number of esters is 1. The molecule has 2 rings (SSSR count). The van der Waals surface area contributed by atoms with Crippen LogP contribution in [-0.2, 0) is 46.3 Å². The van der Waals surface area contributed by atoms with Crippen molar-refractivity contribution >= 4 is 64.7 Å². The van der Waals surface area contributed by atoms with E-state index in [-0.39, 0.29) is 42.2 Å². The number of para-hydroxylation sites is 1. The highest BCUT2D eigenvalue weighted by Crippen LogP contribution is 2.33. The monoisotopic (exact) mass is 686 g/mol. The third kappa shape index (κ3) is 11.7. The first-order valence-corrected chi connectivity index (χ1v) is 16.7. The van der Waals surface area contributed by atoms with E-state index in [1.165, 1.54) is 44.4 Å². The summed E-state index contributed by atoms with van der Waals surface area (Å²) in [5.74, 6) is -5.51. The molecule has 0 bridgehead atoms. The van der Waals surface area contributed by atoms with Crippen molar-refractivity contribution in [2.75, 3.05) is 30.6 Å². The minimum Gasteiger partial charge on any atom is -0.478 e. The van der Waals surface area contributed by atoms with E-state index in [0.29, 0.717) is 42.6 Å². The van der Waals surface area contributed by atoms with Gasteiger partial charge in [-0.3, -0.25) is 24.1 Å². The minimum absolute atomic E-state index is 0.0602. The van der Waals surface area contributed by atoms with Crippen LogP contribution in [0, 0.1) is 0 Å². The second-order valence-electron chi connectivity index (χ2n) is 10.7. The Labute approximate surface area is 283 Å². The molecule has 260 valence electrons. The third-order valence-corrected chi connectivity index (χ3v) is 7.87. The SMILES string of the molecule is CCc1cc(CC(NC(C)=O)C(=O)NCCCCC(=O)N[C@@H](CCSC)C(=O)OC)ccc1N(C(=O)C(=O)O)c1ccccc1C(=O)O. The first-order valence-electron chi connectivity index (χ1n) is 15.3. The van der Waals surface area contributed by atoms with Crippen LogP contribution in [0.3, 0.4) is 0 Å². The predicted molar refractivity (Wildman–Crippen MR) is 179 cm³/mol. The summed E-state index contributed by atoms with van der Waals surface area (Å²) in [6.07, 6.45) is 3.76. The Morgan fingerprint density at radius 2 is 1.65 bits per heavy atom. The molecule has 0 aliphatic rings. The molecule has 0 saturated heterocycles. The molecule has 0 spiro atoms. The number of hydrogen-bond donors (Lipinski definition) is 5. The lowest BCUT2D eigenvalue weighted by Gasteiger charge is -2.26. The zero-order chi connectivity index (χ0) is 35.8. The average molecular weight is 687 g/mol. The van der Waals surface area contributed by atoms with Gasteiger partial charge in [-0.1, -0.05) is 31.2 Å². The molecular formula is C33H42N4O10S. The van der Waals surface area contributed by atoms with Crippen LogP contribution >= 0.6 is 11.8 Å². The van der Waals surface area contributed by atoms with Gasteiger partial charge in [-0.2, -0.15) is 11.8 Å². The number of nitrogens with zero attached hydrogens (tertiary/aromatic N) is 1. The number of aryl methyl sites for hydroxylation is 1. The summed E-state index contributed by atoms with van der Waals surface area (Å²) < 4.78 is 4.75. The van der Waals surface area contributed by atoms with Crippen molar-refractivity contribution in [1.82, 2.24) is 16.0 Å². The molecule has 0 saturated carbocycles. The summed E-state index contributed by atoms with van der Waals surface area (Å²) in [5, 5.41) is 27.3. The van der Waals surface area contributed by atoms with Crippen LogP contribution < -0.4 is 20.9 Å². The number of aliphatic carboxylic acids is 1. The van der Waals surface area contributed by atoms with Gasteiger partial charge in [0.1, 0.15) is 12.1 Å². The number of carboxylic acid groups (broad SMARTS) is 2. The number of aromatic carboxylic acids is 1. The molecule has 0 aliphatic carbocycles. The van der Waals surface area contributed by atoms with Gasteiger partial charge in [0.05, 0.1) is 24.0 Å². The number of carboxylic acids is 2. The number of benzene rings is 2. The summed E-state index contributed by atoms with van der Waals surface area (Å²) in [7, 11) is 1.26. The second-order valence-corrected chi connectivity index (χ2v) is 11.7. The number of amides is 4. The number of rotatable bonds is 18. The number of anilines is 2. The van der Waals surface area contributed by atoms with E-state index < -0.39 is 47.7 Å². The van der Waals surface area contributed by atoms with Crippen molar-refractivity contribution < 1.29 is 48.5 Å². The first kappa shape index (κ1) is 39.3. The number of thioether (sulfide) groups is 1. The molecule has 0 heterocycles. The molecule has 0 aromatic heterocycles. The van der Waals surface area contributed by atoms with E-state index in [4.69, 9.17) is 4.74 Å². The Balaban J connectivity index is 2.15. The third-order valence-electron chi connectivity index (χ3n) is 7.22. The summed E-state index contributed by atoms with van der Waals surface area (Å²) >= 11 is 1.55. The van der Waals surface area contributed by atoms with Crippen LogP contribution in [0.2, 0.25) is 0 Å². The largest absolute Gasteiger partial charge is 0.478 e. The van der Waals surface area contributed by atoms with Crippen molar-refractivity contribution in [2.45, 2.75) is 64.5 Å². The van der Waals surface area contributed by atoms with Crippen molar-refractivity contribution in [3.05, 3.63) is 59.2 Å².